The number of nitrogens with one attached hydrogen (secondary N) is 2. The molecule has 32 heavy (non-hydrogen) atoms. The van der Waals surface area contributed by atoms with E-state index in [9.17, 15) is 14.4 Å². The summed E-state index contributed by atoms with van der Waals surface area (Å²) in [6.45, 7) is 3.14. The zero-order valence-corrected chi connectivity index (χ0v) is 18.3. The molecule has 7 heteroatoms. The molecule has 0 unspecified atom stereocenters. The number of benzene rings is 2. The predicted molar refractivity (Wildman–Crippen MR) is 122 cm³/mol. The Morgan fingerprint density at radius 2 is 1.69 bits per heavy atom. The summed E-state index contributed by atoms with van der Waals surface area (Å²) < 4.78 is 0. The van der Waals surface area contributed by atoms with Crippen molar-refractivity contribution in [1.29, 1.82) is 0 Å². The monoisotopic (exact) mass is 434 g/mol. The highest BCUT2D eigenvalue weighted by atomic mass is 16.2. The number of carbonyl (C=O) groups is 3. The van der Waals surface area contributed by atoms with Gasteiger partial charge in [-0.15, -0.1) is 0 Å². The van der Waals surface area contributed by atoms with Crippen LogP contribution >= 0.6 is 0 Å². The average molecular weight is 435 g/mol. The predicted octanol–water partition coefficient (Wildman–Crippen LogP) is 2.91. The first-order valence-corrected chi connectivity index (χ1v) is 11.3. The van der Waals surface area contributed by atoms with Gasteiger partial charge in [-0.2, -0.15) is 0 Å². The van der Waals surface area contributed by atoms with E-state index in [0.29, 0.717) is 38.2 Å². The molecule has 2 aliphatic rings. The average Bonchev–Trinajstić information content (AvgIpc) is 3.23. The minimum absolute atomic E-state index is 0.0454. The first kappa shape index (κ1) is 21.9. The maximum atomic E-state index is 12.5. The first-order chi connectivity index (χ1) is 15.6. The molecule has 7 nitrogen and oxygen atoms in total. The molecule has 2 saturated heterocycles. The van der Waals surface area contributed by atoms with Crippen molar-refractivity contribution in [2.45, 2.75) is 44.8 Å². The Kier molecular flexibility index (Phi) is 7.04. The lowest BCUT2D eigenvalue weighted by atomic mass is 10.0. The third kappa shape index (κ3) is 5.66. The lowest BCUT2D eigenvalue weighted by Gasteiger charge is -2.32. The molecule has 2 heterocycles. The van der Waals surface area contributed by atoms with Gasteiger partial charge in [0.1, 0.15) is 0 Å². The zero-order valence-electron chi connectivity index (χ0n) is 18.3. The Balaban J connectivity index is 1.20. The number of amides is 4. The molecule has 0 radical (unpaired) electrons. The van der Waals surface area contributed by atoms with Gasteiger partial charge in [0.15, 0.2) is 0 Å². The summed E-state index contributed by atoms with van der Waals surface area (Å²) in [6.07, 6.45) is 3.05. The molecule has 0 spiro atoms. The van der Waals surface area contributed by atoms with Crippen LogP contribution in [0.3, 0.4) is 0 Å². The summed E-state index contributed by atoms with van der Waals surface area (Å²) in [4.78, 5) is 40.5. The van der Waals surface area contributed by atoms with E-state index in [4.69, 9.17) is 0 Å². The number of likely N-dealkylation sites (tertiary alicyclic amines) is 2. The lowest BCUT2D eigenvalue weighted by Crippen LogP contribution is -2.49. The van der Waals surface area contributed by atoms with E-state index in [1.54, 1.807) is 0 Å². The maximum Gasteiger partial charge on any atom is 0.315 e. The molecule has 2 aromatic rings. The second-order valence-corrected chi connectivity index (χ2v) is 8.50. The van der Waals surface area contributed by atoms with Crippen molar-refractivity contribution in [3.8, 4) is 0 Å². The highest BCUT2D eigenvalue weighted by Gasteiger charge is 2.24. The second kappa shape index (κ2) is 10.3. The van der Waals surface area contributed by atoms with Crippen LogP contribution in [-0.2, 0) is 17.9 Å². The summed E-state index contributed by atoms with van der Waals surface area (Å²) in [6, 6.07) is 17.2. The highest BCUT2D eigenvalue weighted by molar-refractivity contribution is 5.94. The highest BCUT2D eigenvalue weighted by Crippen LogP contribution is 2.16. The van der Waals surface area contributed by atoms with Crippen molar-refractivity contribution in [2.75, 3.05) is 19.6 Å². The lowest BCUT2D eigenvalue weighted by molar-refractivity contribution is -0.128. The molecular weight excluding hydrogens is 404 g/mol. The molecule has 2 N–H and O–H groups in total. The Hall–Kier alpha value is -3.35. The fourth-order valence-electron chi connectivity index (χ4n) is 4.34. The quantitative estimate of drug-likeness (QED) is 0.734. The van der Waals surface area contributed by atoms with Crippen LogP contribution in [0.4, 0.5) is 4.79 Å². The number of hydrogen-bond donors (Lipinski definition) is 2. The Morgan fingerprint density at radius 1 is 0.938 bits per heavy atom. The van der Waals surface area contributed by atoms with Gasteiger partial charge >= 0.3 is 6.03 Å². The topological polar surface area (TPSA) is 81.8 Å². The van der Waals surface area contributed by atoms with Crippen LogP contribution < -0.4 is 10.6 Å². The SMILES string of the molecule is O=C(NCc1cccc(CN2CCCC2=O)c1)NC1CCN(C(=O)c2ccccc2)CC1. The maximum absolute atomic E-state index is 12.5. The van der Waals surface area contributed by atoms with Crippen LogP contribution in [0.15, 0.2) is 54.6 Å². The normalized spacial score (nSPS) is 16.8. The summed E-state index contributed by atoms with van der Waals surface area (Å²) in [5.74, 6) is 0.258. The number of carbonyl (C=O) groups excluding carboxylic acids is 3. The van der Waals surface area contributed by atoms with E-state index in [1.807, 2.05) is 64.4 Å². The van der Waals surface area contributed by atoms with Gasteiger partial charge in [-0.1, -0.05) is 42.5 Å². The van der Waals surface area contributed by atoms with Crippen molar-refractivity contribution in [1.82, 2.24) is 20.4 Å². The molecular formula is C25H30N4O3. The van der Waals surface area contributed by atoms with Crippen molar-refractivity contribution in [3.63, 3.8) is 0 Å². The molecule has 2 aliphatic heterocycles. The summed E-state index contributed by atoms with van der Waals surface area (Å²) in [7, 11) is 0. The van der Waals surface area contributed by atoms with Crippen molar-refractivity contribution in [3.05, 3.63) is 71.3 Å². The number of piperidine rings is 1. The summed E-state index contributed by atoms with van der Waals surface area (Å²) in [5, 5.41) is 5.95. The van der Waals surface area contributed by atoms with E-state index >= 15 is 0 Å². The van der Waals surface area contributed by atoms with E-state index in [2.05, 4.69) is 10.6 Å². The van der Waals surface area contributed by atoms with Crippen molar-refractivity contribution >= 4 is 17.8 Å². The van der Waals surface area contributed by atoms with Crippen LogP contribution in [0.25, 0.3) is 0 Å². The minimum atomic E-state index is -0.196. The Morgan fingerprint density at radius 3 is 2.41 bits per heavy atom. The second-order valence-electron chi connectivity index (χ2n) is 8.50. The molecule has 0 saturated carbocycles. The molecule has 168 valence electrons. The van der Waals surface area contributed by atoms with Crippen LogP contribution in [0, 0.1) is 0 Å². The number of rotatable bonds is 6. The van der Waals surface area contributed by atoms with Crippen LogP contribution in [-0.4, -0.2) is 53.3 Å². The fourth-order valence-corrected chi connectivity index (χ4v) is 4.34. The van der Waals surface area contributed by atoms with Crippen molar-refractivity contribution < 1.29 is 14.4 Å². The van der Waals surface area contributed by atoms with Gasteiger partial charge in [-0.3, -0.25) is 9.59 Å². The summed E-state index contributed by atoms with van der Waals surface area (Å²) >= 11 is 0. The van der Waals surface area contributed by atoms with Crippen LogP contribution in [0.5, 0.6) is 0 Å². The molecule has 2 fully saturated rings. The van der Waals surface area contributed by atoms with E-state index in [-0.39, 0.29) is 23.9 Å². The van der Waals surface area contributed by atoms with Gasteiger partial charge in [-0.25, -0.2) is 4.79 Å². The molecule has 0 aromatic heterocycles. The third-order valence-corrected chi connectivity index (χ3v) is 6.13. The third-order valence-electron chi connectivity index (χ3n) is 6.13. The molecule has 0 bridgehead atoms. The number of urea groups is 1. The van der Waals surface area contributed by atoms with E-state index in [1.165, 1.54) is 0 Å². The molecule has 0 aliphatic carbocycles. The van der Waals surface area contributed by atoms with Crippen LogP contribution in [0.1, 0.15) is 47.2 Å². The molecule has 4 amide bonds. The smallest absolute Gasteiger partial charge is 0.315 e. The largest absolute Gasteiger partial charge is 0.338 e. The van der Waals surface area contributed by atoms with Gasteiger partial charge in [0.25, 0.3) is 5.91 Å². The standard InChI is InChI=1S/C25H30N4O3/c30-23-10-5-13-29(23)18-20-7-4-6-19(16-20)17-26-25(32)27-22-11-14-28(15-12-22)24(31)21-8-2-1-3-9-21/h1-4,6-9,16,22H,5,10-15,17-18H2,(H2,26,27,32). The van der Waals surface area contributed by atoms with Gasteiger partial charge in [0.2, 0.25) is 5.91 Å². The molecule has 4 rings (SSSR count). The number of hydrogen-bond acceptors (Lipinski definition) is 3. The van der Waals surface area contributed by atoms with Gasteiger partial charge in [-0.05, 0) is 42.5 Å². The Labute approximate surface area is 188 Å². The molecule has 0 atom stereocenters. The van der Waals surface area contributed by atoms with E-state index in [0.717, 1.165) is 36.9 Å². The summed E-state index contributed by atoms with van der Waals surface area (Å²) in [5.41, 5.74) is 2.79. The van der Waals surface area contributed by atoms with Gasteiger partial charge in [0.05, 0.1) is 0 Å². The fraction of sp³-hybridized carbons (Fsp3) is 0.400. The number of nitrogens with zero attached hydrogens (tertiary/aromatic N) is 2. The van der Waals surface area contributed by atoms with Gasteiger partial charge in [0, 0.05) is 50.7 Å². The minimum Gasteiger partial charge on any atom is -0.338 e. The van der Waals surface area contributed by atoms with Crippen molar-refractivity contribution in [2.24, 2.45) is 0 Å². The zero-order chi connectivity index (χ0) is 22.3. The van der Waals surface area contributed by atoms with Gasteiger partial charge < -0.3 is 20.4 Å². The Bertz CT molecular complexity index is 955. The molecule has 2 aromatic carbocycles. The van der Waals surface area contributed by atoms with Crippen LogP contribution in [0.2, 0.25) is 0 Å². The first-order valence-electron chi connectivity index (χ1n) is 11.3. The van der Waals surface area contributed by atoms with E-state index < -0.39 is 0 Å².